The lowest BCUT2D eigenvalue weighted by Gasteiger charge is -2.18. The minimum absolute atomic E-state index is 0.164. The molecule has 0 radical (unpaired) electrons. The van der Waals surface area contributed by atoms with Crippen molar-refractivity contribution in [1.29, 1.82) is 0 Å². The molecule has 0 fully saturated rings. The van der Waals surface area contributed by atoms with Gasteiger partial charge in [-0.2, -0.15) is 13.2 Å². The lowest BCUT2D eigenvalue weighted by atomic mass is 10.00. The Morgan fingerprint density at radius 2 is 2.05 bits per heavy atom. The average Bonchev–Trinajstić information content (AvgIpc) is 2.42. The standard InChI is InChI=1S/C16H19F3O3/c1-3-22-14(20)8-7-13(15(21)16(17,18)19)10-12-6-4-5-11(2)9-12/h4-6,9-10,15,21H,3,7-8H2,1-2H3/b13-10+. The monoisotopic (exact) mass is 316 g/mol. The lowest BCUT2D eigenvalue weighted by Crippen LogP contribution is -2.30. The molecule has 0 amide bonds. The summed E-state index contributed by atoms with van der Waals surface area (Å²) in [4.78, 5) is 11.3. The van der Waals surface area contributed by atoms with E-state index in [-0.39, 0.29) is 25.0 Å². The summed E-state index contributed by atoms with van der Waals surface area (Å²) in [5.74, 6) is -0.591. The van der Waals surface area contributed by atoms with Crippen LogP contribution in [0.4, 0.5) is 13.2 Å². The van der Waals surface area contributed by atoms with Gasteiger partial charge in [-0.3, -0.25) is 4.79 Å². The number of alkyl halides is 3. The molecule has 0 aromatic heterocycles. The largest absolute Gasteiger partial charge is 0.466 e. The van der Waals surface area contributed by atoms with Crippen molar-refractivity contribution in [3.63, 3.8) is 0 Å². The smallest absolute Gasteiger partial charge is 0.418 e. The topological polar surface area (TPSA) is 46.5 Å². The number of carbonyl (C=O) groups is 1. The Balaban J connectivity index is 2.98. The van der Waals surface area contributed by atoms with Gasteiger partial charge in [-0.15, -0.1) is 0 Å². The first-order chi connectivity index (χ1) is 10.2. The van der Waals surface area contributed by atoms with E-state index in [9.17, 15) is 23.1 Å². The van der Waals surface area contributed by atoms with Gasteiger partial charge in [-0.25, -0.2) is 0 Å². The van der Waals surface area contributed by atoms with E-state index in [1.54, 1.807) is 25.1 Å². The summed E-state index contributed by atoms with van der Waals surface area (Å²) in [6.07, 6.45) is -6.52. The molecule has 1 atom stereocenters. The Kier molecular flexibility index (Phi) is 6.61. The molecule has 1 N–H and O–H groups in total. The van der Waals surface area contributed by atoms with Gasteiger partial charge in [0.05, 0.1) is 6.61 Å². The molecule has 0 spiro atoms. The fourth-order valence-electron chi connectivity index (χ4n) is 1.95. The predicted octanol–water partition coefficient (Wildman–Crippen LogP) is 3.64. The summed E-state index contributed by atoms with van der Waals surface area (Å²) in [5, 5.41) is 9.47. The van der Waals surface area contributed by atoms with E-state index >= 15 is 0 Å². The number of ether oxygens (including phenoxy) is 1. The number of carbonyl (C=O) groups excluding carboxylic acids is 1. The van der Waals surface area contributed by atoms with Crippen LogP contribution < -0.4 is 0 Å². The molecular weight excluding hydrogens is 297 g/mol. The molecule has 0 heterocycles. The van der Waals surface area contributed by atoms with Crippen LogP contribution in [0.15, 0.2) is 29.8 Å². The third-order valence-electron chi connectivity index (χ3n) is 2.98. The summed E-state index contributed by atoms with van der Waals surface area (Å²) < 4.78 is 42.9. The molecule has 6 heteroatoms. The zero-order valence-corrected chi connectivity index (χ0v) is 12.5. The first-order valence-electron chi connectivity index (χ1n) is 6.91. The van der Waals surface area contributed by atoms with E-state index < -0.39 is 18.2 Å². The number of benzene rings is 1. The van der Waals surface area contributed by atoms with E-state index in [1.807, 2.05) is 13.0 Å². The fraction of sp³-hybridized carbons (Fsp3) is 0.438. The first kappa shape index (κ1) is 18.2. The van der Waals surface area contributed by atoms with Crippen LogP contribution in [0.5, 0.6) is 0 Å². The average molecular weight is 316 g/mol. The van der Waals surface area contributed by atoms with Gasteiger partial charge < -0.3 is 9.84 Å². The number of hydrogen-bond acceptors (Lipinski definition) is 3. The summed E-state index contributed by atoms with van der Waals surface area (Å²) in [5.41, 5.74) is 1.17. The van der Waals surface area contributed by atoms with Crippen molar-refractivity contribution in [2.75, 3.05) is 6.61 Å². The van der Waals surface area contributed by atoms with Gasteiger partial charge in [0, 0.05) is 6.42 Å². The van der Waals surface area contributed by atoms with Gasteiger partial charge in [0.2, 0.25) is 0 Å². The van der Waals surface area contributed by atoms with Gasteiger partial charge >= 0.3 is 12.1 Å². The third kappa shape index (κ3) is 5.89. The summed E-state index contributed by atoms with van der Waals surface area (Å²) in [6.45, 7) is 3.60. The van der Waals surface area contributed by atoms with Gasteiger partial charge in [-0.1, -0.05) is 35.9 Å². The summed E-state index contributed by atoms with van der Waals surface area (Å²) >= 11 is 0. The van der Waals surface area contributed by atoms with E-state index in [0.29, 0.717) is 5.56 Å². The minimum atomic E-state index is -4.77. The summed E-state index contributed by atoms with van der Waals surface area (Å²) in [7, 11) is 0. The zero-order valence-electron chi connectivity index (χ0n) is 12.5. The van der Waals surface area contributed by atoms with Crippen molar-refractivity contribution in [1.82, 2.24) is 0 Å². The Hall–Kier alpha value is -1.82. The highest BCUT2D eigenvalue weighted by molar-refractivity contribution is 5.70. The molecule has 0 aliphatic carbocycles. The Bertz CT molecular complexity index is 536. The second-order valence-corrected chi connectivity index (χ2v) is 4.88. The Morgan fingerprint density at radius 1 is 1.36 bits per heavy atom. The van der Waals surface area contributed by atoms with Crippen molar-refractivity contribution in [2.24, 2.45) is 0 Å². The number of aryl methyl sites for hydroxylation is 1. The second-order valence-electron chi connectivity index (χ2n) is 4.88. The van der Waals surface area contributed by atoms with Crippen molar-refractivity contribution in [3.8, 4) is 0 Å². The highest BCUT2D eigenvalue weighted by Crippen LogP contribution is 2.29. The van der Waals surface area contributed by atoms with Gasteiger partial charge in [0.15, 0.2) is 6.10 Å². The van der Waals surface area contributed by atoms with E-state index in [1.165, 1.54) is 6.08 Å². The number of hydrogen-bond donors (Lipinski definition) is 1. The molecular formula is C16H19F3O3. The maximum atomic E-state index is 12.7. The molecule has 122 valence electrons. The molecule has 1 unspecified atom stereocenters. The Labute approximate surface area is 127 Å². The maximum absolute atomic E-state index is 12.7. The lowest BCUT2D eigenvalue weighted by molar-refractivity contribution is -0.191. The maximum Gasteiger partial charge on any atom is 0.418 e. The second kappa shape index (κ2) is 7.98. The molecule has 3 nitrogen and oxygen atoms in total. The summed E-state index contributed by atoms with van der Waals surface area (Å²) in [6, 6.07) is 6.87. The van der Waals surface area contributed by atoms with E-state index in [2.05, 4.69) is 0 Å². The van der Waals surface area contributed by atoms with Crippen LogP contribution in [0.3, 0.4) is 0 Å². The normalized spacial score (nSPS) is 13.8. The molecule has 1 rings (SSSR count). The van der Waals surface area contributed by atoms with Crippen LogP contribution in [0.2, 0.25) is 0 Å². The van der Waals surface area contributed by atoms with Crippen LogP contribution in [0.1, 0.15) is 30.9 Å². The number of aliphatic hydroxyl groups is 1. The van der Waals surface area contributed by atoms with Crippen LogP contribution in [0.25, 0.3) is 6.08 Å². The van der Waals surface area contributed by atoms with E-state index in [4.69, 9.17) is 4.74 Å². The molecule has 22 heavy (non-hydrogen) atoms. The molecule has 0 saturated carbocycles. The minimum Gasteiger partial charge on any atom is -0.466 e. The molecule has 1 aromatic carbocycles. The van der Waals surface area contributed by atoms with Crippen LogP contribution in [0, 0.1) is 6.92 Å². The van der Waals surface area contributed by atoms with E-state index in [0.717, 1.165) is 5.56 Å². The highest BCUT2D eigenvalue weighted by Gasteiger charge is 2.40. The van der Waals surface area contributed by atoms with Crippen LogP contribution in [-0.2, 0) is 9.53 Å². The highest BCUT2D eigenvalue weighted by atomic mass is 19.4. The van der Waals surface area contributed by atoms with Gasteiger partial charge in [0.25, 0.3) is 0 Å². The molecule has 1 aromatic rings. The van der Waals surface area contributed by atoms with Crippen molar-refractivity contribution in [2.45, 2.75) is 39.0 Å². The number of rotatable bonds is 6. The van der Waals surface area contributed by atoms with Gasteiger partial charge in [-0.05, 0) is 31.4 Å². The number of halogens is 3. The fourth-order valence-corrected chi connectivity index (χ4v) is 1.95. The molecule has 0 aliphatic rings. The number of aliphatic hydroxyl groups excluding tert-OH is 1. The number of esters is 1. The Morgan fingerprint density at radius 3 is 2.59 bits per heavy atom. The van der Waals surface area contributed by atoms with Crippen LogP contribution in [-0.4, -0.2) is 30.0 Å². The molecule has 0 aliphatic heterocycles. The first-order valence-corrected chi connectivity index (χ1v) is 6.91. The van der Waals surface area contributed by atoms with Crippen LogP contribution >= 0.6 is 0 Å². The molecule has 0 bridgehead atoms. The molecule has 0 saturated heterocycles. The van der Waals surface area contributed by atoms with Crippen molar-refractivity contribution < 1.29 is 27.8 Å². The van der Waals surface area contributed by atoms with Crippen molar-refractivity contribution >= 4 is 12.0 Å². The van der Waals surface area contributed by atoms with Gasteiger partial charge in [0.1, 0.15) is 0 Å². The van der Waals surface area contributed by atoms with Crippen molar-refractivity contribution in [3.05, 3.63) is 41.0 Å². The predicted molar refractivity (Wildman–Crippen MR) is 77.1 cm³/mol. The zero-order chi connectivity index (χ0) is 16.8. The SMILES string of the molecule is CCOC(=O)CC/C(=C\c1cccc(C)c1)C(O)C(F)(F)F. The third-order valence-corrected chi connectivity index (χ3v) is 2.98. The quantitative estimate of drug-likeness (QED) is 0.815.